The van der Waals surface area contributed by atoms with Crippen LogP contribution in [0.5, 0.6) is 0 Å². The standard InChI is InChI=1S/C7H11N3OS/c1-5-2-3-6(11-5)4-12-7(8)10-9/h2-3H,4,9H2,1H3,(H2,8,10). The van der Waals surface area contributed by atoms with Gasteiger partial charge in [0.15, 0.2) is 5.17 Å². The van der Waals surface area contributed by atoms with Crippen LogP contribution in [0.4, 0.5) is 0 Å². The van der Waals surface area contributed by atoms with Gasteiger partial charge in [-0.3, -0.25) is 0 Å². The maximum Gasteiger partial charge on any atom is 0.177 e. The maximum atomic E-state index is 5.37. The molecule has 4 N–H and O–H groups in total. The maximum absolute atomic E-state index is 5.37. The number of rotatable bonds is 2. The highest BCUT2D eigenvalue weighted by Gasteiger charge is 1.99. The molecule has 0 aliphatic rings. The Hall–Kier alpha value is -1.10. The summed E-state index contributed by atoms with van der Waals surface area (Å²) in [5.41, 5.74) is 5.37. The number of furan rings is 1. The minimum Gasteiger partial charge on any atom is -0.465 e. The van der Waals surface area contributed by atoms with Gasteiger partial charge < -0.3 is 16.0 Å². The zero-order valence-electron chi connectivity index (χ0n) is 6.78. The average Bonchev–Trinajstić information content (AvgIpc) is 2.47. The number of hydrogen-bond acceptors (Lipinski definition) is 4. The van der Waals surface area contributed by atoms with Crippen LogP contribution in [0.15, 0.2) is 21.7 Å². The molecule has 0 aromatic carbocycles. The van der Waals surface area contributed by atoms with E-state index in [9.17, 15) is 0 Å². The van der Waals surface area contributed by atoms with E-state index in [0.29, 0.717) is 10.9 Å². The van der Waals surface area contributed by atoms with Crippen molar-refractivity contribution in [1.82, 2.24) is 0 Å². The third-order valence-corrected chi connectivity index (χ3v) is 2.12. The third kappa shape index (κ3) is 2.50. The van der Waals surface area contributed by atoms with E-state index in [1.807, 2.05) is 19.1 Å². The van der Waals surface area contributed by atoms with E-state index in [0.717, 1.165) is 11.5 Å². The van der Waals surface area contributed by atoms with Crippen molar-refractivity contribution in [2.24, 2.45) is 16.7 Å². The molecule has 12 heavy (non-hydrogen) atoms. The van der Waals surface area contributed by atoms with E-state index in [4.69, 9.17) is 16.0 Å². The summed E-state index contributed by atoms with van der Waals surface area (Å²) in [4.78, 5) is 0. The molecule has 1 aromatic heterocycles. The molecule has 1 aromatic rings. The number of nitrogens with zero attached hydrogens (tertiary/aromatic N) is 1. The van der Waals surface area contributed by atoms with Crippen LogP contribution < -0.4 is 11.6 Å². The quantitative estimate of drug-likeness (QED) is 0.312. The lowest BCUT2D eigenvalue weighted by Crippen LogP contribution is -2.09. The van der Waals surface area contributed by atoms with Gasteiger partial charge >= 0.3 is 0 Å². The first kappa shape index (κ1) is 8.99. The highest BCUT2D eigenvalue weighted by molar-refractivity contribution is 8.13. The zero-order valence-corrected chi connectivity index (χ0v) is 7.60. The van der Waals surface area contributed by atoms with Gasteiger partial charge in [0.1, 0.15) is 11.5 Å². The Bertz CT molecular complexity index is 282. The van der Waals surface area contributed by atoms with E-state index in [-0.39, 0.29) is 0 Å². The van der Waals surface area contributed by atoms with Gasteiger partial charge in [-0.05, 0) is 19.1 Å². The monoisotopic (exact) mass is 185 g/mol. The van der Waals surface area contributed by atoms with Crippen molar-refractivity contribution in [3.05, 3.63) is 23.7 Å². The summed E-state index contributed by atoms with van der Waals surface area (Å²) >= 11 is 1.35. The van der Waals surface area contributed by atoms with Crippen molar-refractivity contribution in [3.8, 4) is 0 Å². The summed E-state index contributed by atoms with van der Waals surface area (Å²) in [7, 11) is 0. The smallest absolute Gasteiger partial charge is 0.177 e. The van der Waals surface area contributed by atoms with Gasteiger partial charge in [-0.2, -0.15) is 5.10 Å². The predicted molar refractivity (Wildman–Crippen MR) is 50.5 cm³/mol. The Labute approximate surface area is 75.0 Å². The lowest BCUT2D eigenvalue weighted by molar-refractivity contribution is 0.501. The molecular formula is C7H11N3OS. The van der Waals surface area contributed by atoms with Crippen molar-refractivity contribution in [2.45, 2.75) is 12.7 Å². The van der Waals surface area contributed by atoms with Crippen LogP contribution in [0.25, 0.3) is 0 Å². The SMILES string of the molecule is Cc1ccc(CS/C(N)=N/N)o1. The summed E-state index contributed by atoms with van der Waals surface area (Å²) in [5, 5.41) is 3.69. The van der Waals surface area contributed by atoms with Crippen LogP contribution in [0.1, 0.15) is 11.5 Å². The van der Waals surface area contributed by atoms with E-state index in [1.54, 1.807) is 0 Å². The first-order valence-corrected chi connectivity index (χ1v) is 4.42. The Morgan fingerprint density at radius 3 is 2.92 bits per heavy atom. The minimum atomic E-state index is 0.365. The molecule has 5 heteroatoms. The molecule has 0 aliphatic carbocycles. The summed E-state index contributed by atoms with van der Waals surface area (Å²) in [5.74, 6) is 7.40. The fourth-order valence-corrected chi connectivity index (χ4v) is 1.26. The van der Waals surface area contributed by atoms with Gasteiger partial charge in [0.2, 0.25) is 0 Å². The van der Waals surface area contributed by atoms with Crippen LogP contribution >= 0.6 is 11.8 Å². The largest absolute Gasteiger partial charge is 0.465 e. The molecule has 66 valence electrons. The van der Waals surface area contributed by atoms with Crippen molar-refractivity contribution in [1.29, 1.82) is 0 Å². The summed E-state index contributed by atoms with van der Waals surface area (Å²) in [6, 6.07) is 3.82. The second-order valence-corrected chi connectivity index (χ2v) is 3.26. The Morgan fingerprint density at radius 1 is 1.67 bits per heavy atom. The Balaban J connectivity index is 2.43. The number of hydrazone groups is 1. The second kappa shape index (κ2) is 4.06. The molecule has 0 saturated heterocycles. The molecule has 1 heterocycles. The fraction of sp³-hybridized carbons (Fsp3) is 0.286. The highest BCUT2D eigenvalue weighted by Crippen LogP contribution is 2.14. The Morgan fingerprint density at radius 2 is 2.42 bits per heavy atom. The first-order chi connectivity index (χ1) is 5.72. The number of amidine groups is 1. The lowest BCUT2D eigenvalue weighted by Gasteiger charge is -1.95. The number of hydrogen-bond donors (Lipinski definition) is 2. The van der Waals surface area contributed by atoms with Crippen LogP contribution in [-0.2, 0) is 5.75 Å². The fourth-order valence-electron chi connectivity index (χ4n) is 0.745. The van der Waals surface area contributed by atoms with Crippen LogP contribution in [-0.4, -0.2) is 5.17 Å². The zero-order chi connectivity index (χ0) is 8.97. The van der Waals surface area contributed by atoms with E-state index < -0.39 is 0 Å². The molecule has 0 spiro atoms. The third-order valence-electron chi connectivity index (χ3n) is 1.29. The van der Waals surface area contributed by atoms with Gasteiger partial charge in [-0.1, -0.05) is 11.8 Å². The van der Waals surface area contributed by atoms with Gasteiger partial charge in [-0.25, -0.2) is 0 Å². The summed E-state index contributed by atoms with van der Waals surface area (Å²) < 4.78 is 5.31. The molecule has 0 bridgehead atoms. The number of thioether (sulfide) groups is 1. The molecule has 0 unspecified atom stereocenters. The van der Waals surface area contributed by atoms with E-state index in [1.165, 1.54) is 11.8 Å². The number of nitrogens with two attached hydrogens (primary N) is 2. The highest BCUT2D eigenvalue weighted by atomic mass is 32.2. The molecule has 1 rings (SSSR count). The number of aryl methyl sites for hydroxylation is 1. The van der Waals surface area contributed by atoms with Crippen LogP contribution in [0.3, 0.4) is 0 Å². The second-order valence-electron chi connectivity index (χ2n) is 2.27. The Kier molecular flexibility index (Phi) is 3.04. The lowest BCUT2D eigenvalue weighted by atomic mass is 10.5. The predicted octanol–water partition coefficient (Wildman–Crippen LogP) is 1.01. The van der Waals surface area contributed by atoms with Crippen molar-refractivity contribution >= 4 is 16.9 Å². The van der Waals surface area contributed by atoms with E-state index >= 15 is 0 Å². The molecule has 4 nitrogen and oxygen atoms in total. The van der Waals surface area contributed by atoms with Crippen molar-refractivity contribution in [2.75, 3.05) is 0 Å². The summed E-state index contributed by atoms with van der Waals surface area (Å²) in [6.07, 6.45) is 0. The van der Waals surface area contributed by atoms with Gasteiger partial charge in [0, 0.05) is 0 Å². The molecule has 0 aliphatic heterocycles. The minimum absolute atomic E-state index is 0.365. The van der Waals surface area contributed by atoms with Crippen molar-refractivity contribution < 1.29 is 4.42 Å². The van der Waals surface area contributed by atoms with Crippen molar-refractivity contribution in [3.63, 3.8) is 0 Å². The molecule has 0 amide bonds. The van der Waals surface area contributed by atoms with Crippen LogP contribution in [0, 0.1) is 6.92 Å². The topological polar surface area (TPSA) is 77.5 Å². The average molecular weight is 185 g/mol. The van der Waals surface area contributed by atoms with Gasteiger partial charge in [-0.15, -0.1) is 0 Å². The van der Waals surface area contributed by atoms with Crippen LogP contribution in [0.2, 0.25) is 0 Å². The van der Waals surface area contributed by atoms with E-state index in [2.05, 4.69) is 5.10 Å². The molecule has 0 fully saturated rings. The molecule has 0 atom stereocenters. The normalized spacial score (nSPS) is 11.9. The molecule has 0 radical (unpaired) electrons. The summed E-state index contributed by atoms with van der Waals surface area (Å²) in [6.45, 7) is 1.90. The molecule has 0 saturated carbocycles. The van der Waals surface area contributed by atoms with Gasteiger partial charge in [0.25, 0.3) is 0 Å². The van der Waals surface area contributed by atoms with Gasteiger partial charge in [0.05, 0.1) is 5.75 Å². The first-order valence-electron chi connectivity index (χ1n) is 3.44. The molecular weight excluding hydrogens is 174 g/mol.